The highest BCUT2D eigenvalue weighted by Crippen LogP contribution is 2.36. The predicted octanol–water partition coefficient (Wildman–Crippen LogP) is 5.41. The monoisotopic (exact) mass is 240 g/mol. The van der Waals surface area contributed by atoms with Crippen LogP contribution in [0.3, 0.4) is 0 Å². The van der Waals surface area contributed by atoms with Crippen molar-refractivity contribution in [1.29, 1.82) is 0 Å². The largest absolute Gasteiger partial charge is 0.0739 e. The van der Waals surface area contributed by atoms with Gasteiger partial charge in [0, 0.05) is 5.41 Å². The molecule has 0 fully saturated rings. The third-order valence-electron chi connectivity index (χ3n) is 3.92. The van der Waals surface area contributed by atoms with Gasteiger partial charge in [0.25, 0.3) is 0 Å². The van der Waals surface area contributed by atoms with E-state index in [-0.39, 0.29) is 5.41 Å². The van der Waals surface area contributed by atoms with Gasteiger partial charge < -0.3 is 0 Å². The maximum absolute atomic E-state index is 2.35. The van der Waals surface area contributed by atoms with Crippen LogP contribution in [-0.4, -0.2) is 0 Å². The summed E-state index contributed by atoms with van der Waals surface area (Å²) in [5.41, 5.74) is 3.23. The van der Waals surface area contributed by atoms with Crippen LogP contribution in [0.1, 0.15) is 51.5 Å². The molecule has 1 atom stereocenters. The summed E-state index contributed by atoms with van der Waals surface area (Å²) in [5.74, 6) is 0. The lowest BCUT2D eigenvalue weighted by Gasteiger charge is -2.30. The molecule has 0 bridgehead atoms. The van der Waals surface area contributed by atoms with Crippen LogP contribution in [0.4, 0.5) is 0 Å². The van der Waals surface area contributed by atoms with E-state index in [1.165, 1.54) is 37.7 Å². The molecule has 0 aliphatic heterocycles. The molecule has 0 heterocycles. The lowest BCUT2D eigenvalue weighted by Crippen LogP contribution is -2.21. The molecule has 0 saturated heterocycles. The topological polar surface area (TPSA) is 0 Å². The minimum absolute atomic E-state index is 0.192. The standard InChI is InChI=1S/C18H24/c1-3-4-6-10-16-11-9-14-18(2,15-16)17-12-7-5-8-13-17/h5,7-9,11-14H,3-4,6,10,15H2,1-2H3. The zero-order chi connectivity index (χ0) is 12.8. The summed E-state index contributed by atoms with van der Waals surface area (Å²) in [6.07, 6.45) is 13.4. The van der Waals surface area contributed by atoms with E-state index in [0.29, 0.717) is 0 Å². The zero-order valence-electron chi connectivity index (χ0n) is 11.7. The SMILES string of the molecule is CCCCCC1=CC=CC(C)(c2ccccc2)C1. The summed E-state index contributed by atoms with van der Waals surface area (Å²) < 4.78 is 0. The first-order valence-corrected chi connectivity index (χ1v) is 7.17. The van der Waals surface area contributed by atoms with Crippen LogP contribution in [0.2, 0.25) is 0 Å². The summed E-state index contributed by atoms with van der Waals surface area (Å²) in [7, 11) is 0. The molecule has 0 amide bonds. The fourth-order valence-electron chi connectivity index (χ4n) is 2.78. The van der Waals surface area contributed by atoms with Gasteiger partial charge in [0.05, 0.1) is 0 Å². The van der Waals surface area contributed by atoms with Crippen LogP contribution in [0.15, 0.2) is 54.1 Å². The van der Waals surface area contributed by atoms with Crippen LogP contribution < -0.4 is 0 Å². The van der Waals surface area contributed by atoms with Crippen LogP contribution in [0.5, 0.6) is 0 Å². The zero-order valence-corrected chi connectivity index (χ0v) is 11.7. The smallest absolute Gasteiger partial charge is 0.0144 e. The molecular formula is C18H24. The Hall–Kier alpha value is -1.30. The van der Waals surface area contributed by atoms with Crippen molar-refractivity contribution in [3.63, 3.8) is 0 Å². The quantitative estimate of drug-likeness (QED) is 0.604. The van der Waals surface area contributed by atoms with E-state index in [4.69, 9.17) is 0 Å². The molecule has 0 N–H and O–H groups in total. The third kappa shape index (κ3) is 3.13. The van der Waals surface area contributed by atoms with E-state index in [1.54, 1.807) is 5.57 Å². The third-order valence-corrected chi connectivity index (χ3v) is 3.92. The van der Waals surface area contributed by atoms with Crippen LogP contribution in [0.25, 0.3) is 0 Å². The normalized spacial score (nSPS) is 22.9. The van der Waals surface area contributed by atoms with Gasteiger partial charge in [-0.3, -0.25) is 0 Å². The first-order valence-electron chi connectivity index (χ1n) is 7.17. The Morgan fingerprint density at radius 2 is 1.89 bits per heavy atom. The molecule has 1 aliphatic carbocycles. The number of hydrogen-bond donors (Lipinski definition) is 0. The van der Waals surface area contributed by atoms with Crippen molar-refractivity contribution in [2.24, 2.45) is 0 Å². The highest BCUT2D eigenvalue weighted by atomic mass is 14.3. The fraction of sp³-hybridized carbons (Fsp3) is 0.444. The average Bonchev–Trinajstić information content (AvgIpc) is 2.40. The number of benzene rings is 1. The molecule has 1 unspecified atom stereocenters. The Kier molecular flexibility index (Phi) is 4.41. The lowest BCUT2D eigenvalue weighted by molar-refractivity contribution is 0.557. The second-order valence-corrected chi connectivity index (χ2v) is 5.60. The van der Waals surface area contributed by atoms with Gasteiger partial charge in [0.15, 0.2) is 0 Å². The van der Waals surface area contributed by atoms with Crippen molar-refractivity contribution in [3.8, 4) is 0 Å². The van der Waals surface area contributed by atoms with Crippen molar-refractivity contribution >= 4 is 0 Å². The number of rotatable bonds is 5. The van der Waals surface area contributed by atoms with Crippen molar-refractivity contribution in [1.82, 2.24) is 0 Å². The van der Waals surface area contributed by atoms with Gasteiger partial charge in [-0.05, 0) is 24.8 Å². The summed E-state index contributed by atoms with van der Waals surface area (Å²) in [5, 5.41) is 0. The molecule has 0 radical (unpaired) electrons. The summed E-state index contributed by atoms with van der Waals surface area (Å²) in [6, 6.07) is 10.9. The van der Waals surface area contributed by atoms with Gasteiger partial charge in [-0.25, -0.2) is 0 Å². The van der Waals surface area contributed by atoms with E-state index in [1.807, 2.05) is 0 Å². The summed E-state index contributed by atoms with van der Waals surface area (Å²) in [6.45, 7) is 4.62. The maximum Gasteiger partial charge on any atom is 0.0144 e. The van der Waals surface area contributed by atoms with Gasteiger partial charge in [-0.15, -0.1) is 0 Å². The van der Waals surface area contributed by atoms with Crippen LogP contribution >= 0.6 is 0 Å². The van der Waals surface area contributed by atoms with E-state index in [9.17, 15) is 0 Å². The highest BCUT2D eigenvalue weighted by Gasteiger charge is 2.26. The minimum Gasteiger partial charge on any atom is -0.0739 e. The number of hydrogen-bond acceptors (Lipinski definition) is 0. The van der Waals surface area contributed by atoms with Gasteiger partial charge in [-0.1, -0.05) is 80.8 Å². The van der Waals surface area contributed by atoms with Gasteiger partial charge in [0.1, 0.15) is 0 Å². The molecule has 0 heteroatoms. The average molecular weight is 240 g/mol. The fourth-order valence-corrected chi connectivity index (χ4v) is 2.78. The maximum atomic E-state index is 2.35. The van der Waals surface area contributed by atoms with Crippen LogP contribution in [0, 0.1) is 0 Å². The Balaban J connectivity index is 2.05. The molecule has 1 aliphatic rings. The molecule has 2 rings (SSSR count). The molecule has 0 saturated carbocycles. The van der Waals surface area contributed by atoms with Crippen molar-refractivity contribution in [3.05, 3.63) is 59.7 Å². The second kappa shape index (κ2) is 6.04. The molecule has 96 valence electrons. The first-order chi connectivity index (χ1) is 8.74. The predicted molar refractivity (Wildman–Crippen MR) is 79.8 cm³/mol. The number of allylic oxidation sites excluding steroid dienone is 4. The lowest BCUT2D eigenvalue weighted by atomic mass is 9.74. The summed E-state index contributed by atoms with van der Waals surface area (Å²) in [4.78, 5) is 0. The molecular weight excluding hydrogens is 216 g/mol. The second-order valence-electron chi connectivity index (χ2n) is 5.60. The van der Waals surface area contributed by atoms with Gasteiger partial charge in [-0.2, -0.15) is 0 Å². The molecule has 0 aromatic heterocycles. The minimum atomic E-state index is 0.192. The number of unbranched alkanes of at least 4 members (excludes halogenated alkanes) is 2. The molecule has 0 nitrogen and oxygen atoms in total. The van der Waals surface area contributed by atoms with E-state index < -0.39 is 0 Å². The molecule has 1 aromatic carbocycles. The first kappa shape index (κ1) is 13.1. The molecule has 1 aromatic rings. The van der Waals surface area contributed by atoms with E-state index in [0.717, 1.165) is 0 Å². The van der Waals surface area contributed by atoms with E-state index >= 15 is 0 Å². The van der Waals surface area contributed by atoms with Crippen molar-refractivity contribution in [2.45, 2.75) is 51.4 Å². The Morgan fingerprint density at radius 3 is 2.61 bits per heavy atom. The Morgan fingerprint density at radius 1 is 1.11 bits per heavy atom. The van der Waals surface area contributed by atoms with Crippen molar-refractivity contribution in [2.75, 3.05) is 0 Å². The van der Waals surface area contributed by atoms with Gasteiger partial charge >= 0.3 is 0 Å². The van der Waals surface area contributed by atoms with E-state index in [2.05, 4.69) is 62.4 Å². The van der Waals surface area contributed by atoms with Crippen LogP contribution in [-0.2, 0) is 5.41 Å². The van der Waals surface area contributed by atoms with Crippen molar-refractivity contribution < 1.29 is 0 Å². The molecule has 18 heavy (non-hydrogen) atoms. The Bertz CT molecular complexity index is 425. The summed E-state index contributed by atoms with van der Waals surface area (Å²) >= 11 is 0. The Labute approximate surface area is 111 Å². The molecule has 0 spiro atoms. The highest BCUT2D eigenvalue weighted by molar-refractivity contribution is 5.37. The van der Waals surface area contributed by atoms with Gasteiger partial charge in [0.2, 0.25) is 0 Å².